The van der Waals surface area contributed by atoms with Gasteiger partial charge in [-0.2, -0.15) is 0 Å². The van der Waals surface area contributed by atoms with Crippen LogP contribution in [-0.4, -0.2) is 37.5 Å². The highest BCUT2D eigenvalue weighted by Crippen LogP contribution is 2.08. The molecule has 106 valence electrons. The lowest BCUT2D eigenvalue weighted by Crippen LogP contribution is -2.42. The lowest BCUT2D eigenvalue weighted by molar-refractivity contribution is 0.0924. The van der Waals surface area contributed by atoms with Crippen LogP contribution in [0.1, 0.15) is 30.6 Å². The Hall–Kier alpha value is -1.42. The standard InChI is InChI=1S/C15H23FN2O/c1-11(2)8-14(10-18(3)4)17-15(19)12-6-5-7-13(16)9-12/h5-7,9,11,14H,8,10H2,1-4H3,(H,17,19). The number of carbonyl (C=O) groups is 1. The number of rotatable bonds is 6. The van der Waals surface area contributed by atoms with Crippen molar-refractivity contribution in [2.24, 2.45) is 5.92 Å². The van der Waals surface area contributed by atoms with Gasteiger partial charge >= 0.3 is 0 Å². The number of halogens is 1. The number of nitrogens with one attached hydrogen (secondary N) is 1. The molecule has 1 rings (SSSR count). The molecule has 0 heterocycles. The van der Waals surface area contributed by atoms with Gasteiger partial charge in [0.1, 0.15) is 5.82 Å². The van der Waals surface area contributed by atoms with Crippen molar-refractivity contribution in [1.82, 2.24) is 10.2 Å². The van der Waals surface area contributed by atoms with Gasteiger partial charge in [-0.15, -0.1) is 0 Å². The Morgan fingerprint density at radius 1 is 1.37 bits per heavy atom. The molecule has 1 N–H and O–H groups in total. The fraction of sp³-hybridized carbons (Fsp3) is 0.533. The third kappa shape index (κ3) is 5.83. The molecule has 0 fully saturated rings. The quantitative estimate of drug-likeness (QED) is 0.858. The predicted octanol–water partition coefficient (Wildman–Crippen LogP) is 2.53. The SMILES string of the molecule is CC(C)CC(CN(C)C)NC(=O)c1cccc(F)c1. The Bertz CT molecular complexity index is 408. The van der Waals surface area contributed by atoms with E-state index in [9.17, 15) is 9.18 Å². The van der Waals surface area contributed by atoms with Crippen LogP contribution in [0.2, 0.25) is 0 Å². The maximum absolute atomic E-state index is 13.1. The number of likely N-dealkylation sites (N-methyl/N-ethyl adjacent to an activating group) is 1. The molecule has 0 radical (unpaired) electrons. The van der Waals surface area contributed by atoms with Crippen LogP contribution in [0.4, 0.5) is 4.39 Å². The van der Waals surface area contributed by atoms with E-state index in [0.29, 0.717) is 11.5 Å². The molecule has 1 aromatic carbocycles. The van der Waals surface area contributed by atoms with Crippen LogP contribution < -0.4 is 5.32 Å². The van der Waals surface area contributed by atoms with E-state index < -0.39 is 0 Å². The Balaban J connectivity index is 2.69. The lowest BCUT2D eigenvalue weighted by atomic mass is 10.0. The summed E-state index contributed by atoms with van der Waals surface area (Å²) in [5.74, 6) is -0.106. The molecule has 0 aliphatic rings. The fourth-order valence-electron chi connectivity index (χ4n) is 2.09. The van der Waals surface area contributed by atoms with Crippen molar-refractivity contribution in [3.8, 4) is 0 Å². The van der Waals surface area contributed by atoms with E-state index in [0.717, 1.165) is 13.0 Å². The van der Waals surface area contributed by atoms with Crippen molar-refractivity contribution >= 4 is 5.91 Å². The summed E-state index contributed by atoms with van der Waals surface area (Å²) in [4.78, 5) is 14.1. The minimum Gasteiger partial charge on any atom is -0.348 e. The molecule has 1 unspecified atom stereocenters. The van der Waals surface area contributed by atoms with E-state index in [-0.39, 0.29) is 17.8 Å². The Morgan fingerprint density at radius 3 is 2.58 bits per heavy atom. The molecule has 0 aliphatic carbocycles. The average Bonchev–Trinajstić information content (AvgIpc) is 2.26. The topological polar surface area (TPSA) is 32.3 Å². The van der Waals surface area contributed by atoms with Crippen LogP contribution >= 0.6 is 0 Å². The van der Waals surface area contributed by atoms with E-state index >= 15 is 0 Å². The van der Waals surface area contributed by atoms with Gasteiger partial charge in [0.25, 0.3) is 5.91 Å². The molecular weight excluding hydrogens is 243 g/mol. The lowest BCUT2D eigenvalue weighted by Gasteiger charge is -2.24. The number of benzene rings is 1. The maximum atomic E-state index is 13.1. The van der Waals surface area contributed by atoms with Gasteiger partial charge < -0.3 is 10.2 Å². The van der Waals surface area contributed by atoms with Crippen molar-refractivity contribution in [3.63, 3.8) is 0 Å². The smallest absolute Gasteiger partial charge is 0.251 e. The van der Waals surface area contributed by atoms with Gasteiger partial charge in [0.05, 0.1) is 0 Å². The first-order valence-corrected chi connectivity index (χ1v) is 6.59. The molecule has 0 bridgehead atoms. The molecule has 0 aliphatic heterocycles. The molecular formula is C15H23FN2O. The largest absolute Gasteiger partial charge is 0.348 e. The summed E-state index contributed by atoms with van der Waals surface area (Å²) in [5, 5.41) is 2.98. The van der Waals surface area contributed by atoms with Crippen LogP contribution in [0, 0.1) is 11.7 Å². The summed E-state index contributed by atoms with van der Waals surface area (Å²) in [6, 6.07) is 5.85. The first-order valence-electron chi connectivity index (χ1n) is 6.59. The normalized spacial score (nSPS) is 12.8. The van der Waals surface area contributed by atoms with Gasteiger partial charge in [-0.05, 0) is 44.6 Å². The summed E-state index contributed by atoms with van der Waals surface area (Å²) in [7, 11) is 3.95. The summed E-state index contributed by atoms with van der Waals surface area (Å²) in [6.07, 6.45) is 0.902. The first-order chi connectivity index (χ1) is 8.88. The second-order valence-electron chi connectivity index (χ2n) is 5.57. The molecule has 3 nitrogen and oxygen atoms in total. The molecule has 0 saturated heterocycles. The first kappa shape index (κ1) is 15.6. The Kier molecular flexibility index (Phi) is 5.96. The van der Waals surface area contributed by atoms with Crippen molar-refractivity contribution in [2.45, 2.75) is 26.3 Å². The molecule has 0 saturated carbocycles. The minimum atomic E-state index is -0.388. The maximum Gasteiger partial charge on any atom is 0.251 e. The van der Waals surface area contributed by atoms with E-state index in [4.69, 9.17) is 0 Å². The number of hydrogen-bond acceptors (Lipinski definition) is 2. The predicted molar refractivity (Wildman–Crippen MR) is 75.7 cm³/mol. The molecule has 0 aromatic heterocycles. The van der Waals surface area contributed by atoms with Gasteiger partial charge in [0.2, 0.25) is 0 Å². The van der Waals surface area contributed by atoms with Crippen LogP contribution in [0.3, 0.4) is 0 Å². The van der Waals surface area contributed by atoms with E-state index in [2.05, 4.69) is 19.2 Å². The minimum absolute atomic E-state index is 0.0748. The van der Waals surface area contributed by atoms with Crippen LogP contribution in [-0.2, 0) is 0 Å². The van der Waals surface area contributed by atoms with Gasteiger partial charge in [-0.3, -0.25) is 4.79 Å². The number of amides is 1. The van der Waals surface area contributed by atoms with Gasteiger partial charge in [0, 0.05) is 18.2 Å². The highest BCUT2D eigenvalue weighted by Gasteiger charge is 2.16. The number of hydrogen-bond donors (Lipinski definition) is 1. The Labute approximate surface area is 114 Å². The zero-order valence-corrected chi connectivity index (χ0v) is 12.1. The third-order valence-corrected chi connectivity index (χ3v) is 2.76. The fourth-order valence-corrected chi connectivity index (χ4v) is 2.09. The molecule has 1 aromatic rings. The summed E-state index contributed by atoms with van der Waals surface area (Å²) < 4.78 is 13.1. The summed E-state index contributed by atoms with van der Waals surface area (Å²) >= 11 is 0. The van der Waals surface area contributed by atoms with Crippen molar-refractivity contribution in [2.75, 3.05) is 20.6 Å². The average molecular weight is 266 g/mol. The number of nitrogens with zero attached hydrogens (tertiary/aromatic N) is 1. The van der Waals surface area contributed by atoms with Gasteiger partial charge in [-0.25, -0.2) is 4.39 Å². The second kappa shape index (κ2) is 7.24. The summed E-state index contributed by atoms with van der Waals surface area (Å²) in [5.41, 5.74) is 0.368. The number of carbonyl (C=O) groups excluding carboxylic acids is 1. The summed E-state index contributed by atoms with van der Waals surface area (Å²) in [6.45, 7) is 5.02. The Morgan fingerprint density at radius 2 is 2.05 bits per heavy atom. The zero-order valence-electron chi connectivity index (χ0n) is 12.1. The van der Waals surface area contributed by atoms with Crippen LogP contribution in [0.15, 0.2) is 24.3 Å². The molecule has 4 heteroatoms. The van der Waals surface area contributed by atoms with Crippen molar-refractivity contribution in [3.05, 3.63) is 35.6 Å². The van der Waals surface area contributed by atoms with Gasteiger partial charge in [0.15, 0.2) is 0 Å². The van der Waals surface area contributed by atoms with Crippen molar-refractivity contribution in [1.29, 1.82) is 0 Å². The van der Waals surface area contributed by atoms with Crippen LogP contribution in [0.25, 0.3) is 0 Å². The van der Waals surface area contributed by atoms with Crippen molar-refractivity contribution < 1.29 is 9.18 Å². The molecule has 0 spiro atoms. The zero-order chi connectivity index (χ0) is 14.4. The molecule has 19 heavy (non-hydrogen) atoms. The van der Waals surface area contributed by atoms with E-state index in [1.54, 1.807) is 12.1 Å². The van der Waals surface area contributed by atoms with Crippen LogP contribution in [0.5, 0.6) is 0 Å². The highest BCUT2D eigenvalue weighted by molar-refractivity contribution is 5.94. The highest BCUT2D eigenvalue weighted by atomic mass is 19.1. The monoisotopic (exact) mass is 266 g/mol. The van der Waals surface area contributed by atoms with E-state index in [1.165, 1.54) is 12.1 Å². The third-order valence-electron chi connectivity index (χ3n) is 2.76. The second-order valence-corrected chi connectivity index (χ2v) is 5.57. The van der Waals surface area contributed by atoms with Gasteiger partial charge in [-0.1, -0.05) is 19.9 Å². The molecule has 1 atom stereocenters. The van der Waals surface area contributed by atoms with E-state index in [1.807, 2.05) is 19.0 Å². The molecule has 1 amide bonds.